The Hall–Kier alpha value is -0.690. The Morgan fingerprint density at radius 2 is 1.95 bits per heavy atom. The van der Waals surface area contributed by atoms with Gasteiger partial charge < -0.3 is 25.3 Å². The summed E-state index contributed by atoms with van der Waals surface area (Å²) in [5.74, 6) is -0.190. The summed E-state index contributed by atoms with van der Waals surface area (Å²) in [6, 6.07) is -0.278. The number of methoxy groups -OCH3 is 2. The summed E-state index contributed by atoms with van der Waals surface area (Å²) < 4.78 is 15.9. The van der Waals surface area contributed by atoms with Gasteiger partial charge in [0.15, 0.2) is 6.29 Å². The van der Waals surface area contributed by atoms with Crippen molar-refractivity contribution in [3.8, 4) is 0 Å². The molecular weight excluding hydrogens is 260 g/mol. The van der Waals surface area contributed by atoms with E-state index in [0.717, 1.165) is 0 Å². The molecular formula is C14H28N2O4. The van der Waals surface area contributed by atoms with Crippen molar-refractivity contribution < 1.29 is 19.0 Å². The maximum atomic E-state index is 12.5. The molecule has 1 saturated carbocycles. The van der Waals surface area contributed by atoms with Crippen molar-refractivity contribution in [1.29, 1.82) is 0 Å². The zero-order valence-corrected chi connectivity index (χ0v) is 13.4. The van der Waals surface area contributed by atoms with Gasteiger partial charge in [0, 0.05) is 32.7 Å². The summed E-state index contributed by atoms with van der Waals surface area (Å²) in [7, 11) is 3.07. The Morgan fingerprint density at radius 1 is 1.40 bits per heavy atom. The third-order valence-electron chi connectivity index (χ3n) is 4.47. The van der Waals surface area contributed by atoms with E-state index in [4.69, 9.17) is 19.9 Å². The molecule has 0 aliphatic heterocycles. The second kappa shape index (κ2) is 6.39. The van der Waals surface area contributed by atoms with Gasteiger partial charge in [-0.2, -0.15) is 0 Å². The average molecular weight is 288 g/mol. The number of rotatable bonds is 7. The van der Waals surface area contributed by atoms with Crippen molar-refractivity contribution in [2.75, 3.05) is 20.8 Å². The lowest BCUT2D eigenvalue weighted by molar-refractivity contribution is -0.175. The zero-order chi connectivity index (χ0) is 15.6. The molecule has 6 heteroatoms. The third kappa shape index (κ3) is 2.83. The maximum absolute atomic E-state index is 12.5. The predicted molar refractivity (Wildman–Crippen MR) is 76.1 cm³/mol. The fourth-order valence-corrected chi connectivity index (χ4v) is 2.73. The maximum Gasteiger partial charge on any atom is 0.241 e. The van der Waals surface area contributed by atoms with Gasteiger partial charge in [-0.05, 0) is 13.8 Å². The topological polar surface area (TPSA) is 82.8 Å². The van der Waals surface area contributed by atoms with Crippen molar-refractivity contribution >= 4 is 5.91 Å². The standard InChI is InChI=1S/C14H28N2O4/c1-7-20-10-8-14(15,13(10,3)4)12(17)16-9(2)11(18-5)19-6/h9-11H,7-8,15H2,1-6H3,(H,16,17). The van der Waals surface area contributed by atoms with Gasteiger partial charge >= 0.3 is 0 Å². The molecule has 0 spiro atoms. The van der Waals surface area contributed by atoms with E-state index in [1.807, 2.05) is 27.7 Å². The van der Waals surface area contributed by atoms with Crippen LogP contribution in [0.1, 0.15) is 34.1 Å². The van der Waals surface area contributed by atoms with Crippen LogP contribution in [-0.2, 0) is 19.0 Å². The number of ether oxygens (including phenoxy) is 3. The summed E-state index contributed by atoms with van der Waals surface area (Å²) in [6.07, 6.45) is 0.0458. The van der Waals surface area contributed by atoms with Gasteiger partial charge in [-0.15, -0.1) is 0 Å². The van der Waals surface area contributed by atoms with Crippen molar-refractivity contribution in [1.82, 2.24) is 5.32 Å². The quantitative estimate of drug-likeness (QED) is 0.672. The summed E-state index contributed by atoms with van der Waals surface area (Å²) in [5, 5.41) is 2.87. The second-order valence-corrected chi connectivity index (χ2v) is 5.94. The minimum atomic E-state index is -0.923. The van der Waals surface area contributed by atoms with Gasteiger partial charge in [0.1, 0.15) is 5.54 Å². The lowest BCUT2D eigenvalue weighted by Gasteiger charge is -2.57. The van der Waals surface area contributed by atoms with Crippen LogP contribution in [0.3, 0.4) is 0 Å². The average Bonchev–Trinajstić information content (AvgIpc) is 2.39. The van der Waals surface area contributed by atoms with Crippen LogP contribution in [0.4, 0.5) is 0 Å². The molecule has 118 valence electrons. The van der Waals surface area contributed by atoms with Gasteiger partial charge in [-0.25, -0.2) is 0 Å². The number of nitrogens with two attached hydrogens (primary N) is 1. The molecule has 3 N–H and O–H groups in total. The smallest absolute Gasteiger partial charge is 0.241 e. The fraction of sp³-hybridized carbons (Fsp3) is 0.929. The Balaban J connectivity index is 2.68. The van der Waals surface area contributed by atoms with Crippen LogP contribution in [-0.4, -0.2) is 50.7 Å². The molecule has 0 saturated heterocycles. The van der Waals surface area contributed by atoms with Gasteiger partial charge in [0.05, 0.1) is 12.1 Å². The molecule has 0 aromatic carbocycles. The molecule has 1 amide bonds. The van der Waals surface area contributed by atoms with Gasteiger partial charge in [0.25, 0.3) is 0 Å². The molecule has 1 aliphatic carbocycles. The number of nitrogens with one attached hydrogen (secondary N) is 1. The Kier molecular flexibility index (Phi) is 5.54. The minimum Gasteiger partial charge on any atom is -0.378 e. The summed E-state index contributed by atoms with van der Waals surface area (Å²) >= 11 is 0. The van der Waals surface area contributed by atoms with Crippen molar-refractivity contribution in [2.24, 2.45) is 11.1 Å². The van der Waals surface area contributed by atoms with Crippen molar-refractivity contribution in [3.63, 3.8) is 0 Å². The van der Waals surface area contributed by atoms with Crippen molar-refractivity contribution in [2.45, 2.75) is 58.1 Å². The van der Waals surface area contributed by atoms with Gasteiger partial charge in [0.2, 0.25) is 5.91 Å². The number of hydrogen-bond acceptors (Lipinski definition) is 5. The minimum absolute atomic E-state index is 0.0132. The molecule has 1 aliphatic rings. The van der Waals surface area contributed by atoms with E-state index in [2.05, 4.69) is 5.32 Å². The monoisotopic (exact) mass is 288 g/mol. The number of carbonyl (C=O) groups excluding carboxylic acids is 1. The van der Waals surface area contributed by atoms with Crippen LogP contribution < -0.4 is 11.1 Å². The first-order valence-corrected chi connectivity index (χ1v) is 7.01. The fourth-order valence-electron chi connectivity index (χ4n) is 2.73. The van der Waals surface area contributed by atoms with Crippen LogP contribution in [0.2, 0.25) is 0 Å². The first-order chi connectivity index (χ1) is 9.24. The molecule has 0 aromatic heterocycles. The molecule has 1 fully saturated rings. The van der Waals surface area contributed by atoms with E-state index in [9.17, 15) is 4.79 Å². The molecule has 6 nitrogen and oxygen atoms in total. The highest BCUT2D eigenvalue weighted by Gasteiger charge is 2.63. The van der Waals surface area contributed by atoms with E-state index in [1.165, 1.54) is 14.2 Å². The summed E-state index contributed by atoms with van der Waals surface area (Å²) in [6.45, 7) is 8.31. The van der Waals surface area contributed by atoms with Gasteiger partial charge in [-0.3, -0.25) is 4.79 Å². The molecule has 0 bridgehead atoms. The second-order valence-electron chi connectivity index (χ2n) is 5.94. The summed E-state index contributed by atoms with van der Waals surface area (Å²) in [5.41, 5.74) is 4.98. The highest BCUT2D eigenvalue weighted by Crippen LogP contribution is 2.49. The molecule has 20 heavy (non-hydrogen) atoms. The zero-order valence-electron chi connectivity index (χ0n) is 13.4. The molecule has 3 unspecified atom stereocenters. The molecule has 3 atom stereocenters. The van der Waals surface area contributed by atoms with E-state index in [1.54, 1.807) is 0 Å². The number of amides is 1. The van der Waals surface area contributed by atoms with Gasteiger partial charge in [-0.1, -0.05) is 13.8 Å². The largest absolute Gasteiger partial charge is 0.378 e. The molecule has 0 aromatic rings. The Bertz CT molecular complexity index is 344. The van der Waals surface area contributed by atoms with Crippen LogP contribution in [0.5, 0.6) is 0 Å². The Morgan fingerprint density at radius 3 is 2.35 bits per heavy atom. The highest BCUT2D eigenvalue weighted by atomic mass is 16.7. The number of hydrogen-bond donors (Lipinski definition) is 2. The van der Waals surface area contributed by atoms with E-state index < -0.39 is 17.2 Å². The first kappa shape index (κ1) is 17.4. The van der Waals surface area contributed by atoms with E-state index in [-0.39, 0.29) is 18.1 Å². The van der Waals surface area contributed by atoms with Crippen molar-refractivity contribution in [3.05, 3.63) is 0 Å². The lowest BCUT2D eigenvalue weighted by Crippen LogP contribution is -2.76. The first-order valence-electron chi connectivity index (χ1n) is 7.01. The van der Waals surface area contributed by atoms with Crippen LogP contribution >= 0.6 is 0 Å². The van der Waals surface area contributed by atoms with E-state index in [0.29, 0.717) is 13.0 Å². The molecule has 0 radical (unpaired) electrons. The highest BCUT2D eigenvalue weighted by molar-refractivity contribution is 5.89. The lowest BCUT2D eigenvalue weighted by atomic mass is 9.54. The Labute approximate surface area is 121 Å². The van der Waals surface area contributed by atoms with Crippen LogP contribution in [0.25, 0.3) is 0 Å². The van der Waals surface area contributed by atoms with Crippen LogP contribution in [0, 0.1) is 5.41 Å². The van der Waals surface area contributed by atoms with E-state index >= 15 is 0 Å². The number of carbonyl (C=O) groups is 1. The third-order valence-corrected chi connectivity index (χ3v) is 4.47. The normalized spacial score (nSPS) is 29.9. The molecule has 0 heterocycles. The molecule has 1 rings (SSSR count). The summed E-state index contributed by atoms with van der Waals surface area (Å²) in [4.78, 5) is 12.5. The predicted octanol–water partition coefficient (Wildman–Crippen LogP) is 0.643. The SMILES string of the molecule is CCOC1CC(N)(C(=O)NC(C)C(OC)OC)C1(C)C. The van der Waals surface area contributed by atoms with Crippen LogP contribution in [0.15, 0.2) is 0 Å².